The monoisotopic (exact) mass is 284 g/mol. The normalized spacial score (nSPS) is 19.2. The van der Waals surface area contributed by atoms with Gasteiger partial charge in [0.15, 0.2) is 0 Å². The van der Waals surface area contributed by atoms with Crippen LogP contribution in [-0.4, -0.2) is 36.5 Å². The number of hydrogen-bond donors (Lipinski definition) is 1. The zero-order valence-electron chi connectivity index (χ0n) is 11.0. The van der Waals surface area contributed by atoms with E-state index in [0.29, 0.717) is 12.1 Å². The van der Waals surface area contributed by atoms with Crippen molar-refractivity contribution >= 4 is 17.5 Å². The maximum absolute atomic E-state index is 13.4. The van der Waals surface area contributed by atoms with Gasteiger partial charge in [-0.3, -0.25) is 4.79 Å². The van der Waals surface area contributed by atoms with Gasteiger partial charge in [-0.25, -0.2) is 4.39 Å². The molecule has 1 aromatic carbocycles. The predicted molar refractivity (Wildman–Crippen MR) is 74.0 cm³/mol. The molecule has 104 valence electrons. The number of rotatable bonds is 3. The molecule has 0 bridgehead atoms. The lowest BCUT2D eigenvalue weighted by Gasteiger charge is -2.34. The maximum Gasteiger partial charge on any atom is 0.254 e. The summed E-state index contributed by atoms with van der Waals surface area (Å²) in [5.41, 5.74) is 0.356. The number of benzene rings is 1. The molecular weight excluding hydrogens is 267 g/mol. The minimum absolute atomic E-state index is 0.0407. The number of likely N-dealkylation sites (N-methyl/N-ethyl adjacent to an activating group) is 1. The van der Waals surface area contributed by atoms with E-state index in [9.17, 15) is 9.18 Å². The van der Waals surface area contributed by atoms with Gasteiger partial charge in [0.25, 0.3) is 5.91 Å². The van der Waals surface area contributed by atoms with E-state index in [4.69, 9.17) is 11.6 Å². The van der Waals surface area contributed by atoms with Crippen LogP contribution in [0.2, 0.25) is 5.02 Å². The molecule has 0 aliphatic carbocycles. The second kappa shape index (κ2) is 6.35. The van der Waals surface area contributed by atoms with Gasteiger partial charge in [-0.15, -0.1) is 0 Å². The minimum atomic E-state index is -0.551. The molecule has 0 radical (unpaired) electrons. The number of nitrogens with one attached hydrogen (secondary N) is 1. The molecule has 2 rings (SSSR count). The van der Waals surface area contributed by atoms with E-state index in [-0.39, 0.29) is 17.0 Å². The first kappa shape index (κ1) is 14.3. The Labute approximate surface area is 117 Å². The van der Waals surface area contributed by atoms with Gasteiger partial charge in [-0.1, -0.05) is 11.6 Å². The molecule has 1 N–H and O–H groups in total. The first-order valence-corrected chi connectivity index (χ1v) is 6.98. The van der Waals surface area contributed by atoms with E-state index < -0.39 is 5.82 Å². The number of carbonyl (C=O) groups is 1. The first-order chi connectivity index (χ1) is 9.13. The van der Waals surface area contributed by atoms with Gasteiger partial charge in [0.1, 0.15) is 5.82 Å². The Morgan fingerprint density at radius 1 is 1.58 bits per heavy atom. The van der Waals surface area contributed by atoms with E-state index in [1.165, 1.54) is 12.1 Å². The molecular formula is C14H18ClFN2O. The largest absolute Gasteiger partial charge is 0.335 e. The Bertz CT molecular complexity index is 461. The predicted octanol–water partition coefficient (Wildman–Crippen LogP) is 2.69. The van der Waals surface area contributed by atoms with Gasteiger partial charge < -0.3 is 10.2 Å². The molecule has 0 saturated carbocycles. The highest BCUT2D eigenvalue weighted by atomic mass is 35.5. The van der Waals surface area contributed by atoms with Gasteiger partial charge in [0.2, 0.25) is 0 Å². The molecule has 1 aliphatic rings. The van der Waals surface area contributed by atoms with Crippen molar-refractivity contribution in [1.29, 1.82) is 0 Å². The third-order valence-corrected chi connectivity index (χ3v) is 3.79. The second-order valence-electron chi connectivity index (χ2n) is 4.72. The van der Waals surface area contributed by atoms with Crippen LogP contribution >= 0.6 is 11.6 Å². The van der Waals surface area contributed by atoms with Crippen molar-refractivity contribution < 1.29 is 9.18 Å². The Kier molecular flexibility index (Phi) is 4.77. The summed E-state index contributed by atoms with van der Waals surface area (Å²) in [5, 5.41) is 3.33. The smallest absolute Gasteiger partial charge is 0.254 e. The molecule has 1 unspecified atom stereocenters. The molecule has 1 aromatic rings. The Hall–Kier alpha value is -1.13. The summed E-state index contributed by atoms with van der Waals surface area (Å²) in [6, 6.07) is 4.40. The van der Waals surface area contributed by atoms with E-state index in [1.54, 1.807) is 11.0 Å². The number of nitrogens with zero attached hydrogens (tertiary/aromatic N) is 1. The molecule has 3 nitrogen and oxygen atoms in total. The second-order valence-corrected chi connectivity index (χ2v) is 5.13. The Morgan fingerprint density at radius 2 is 2.37 bits per heavy atom. The van der Waals surface area contributed by atoms with Gasteiger partial charge in [0, 0.05) is 24.7 Å². The lowest BCUT2D eigenvalue weighted by atomic mass is 10.0. The topological polar surface area (TPSA) is 32.3 Å². The summed E-state index contributed by atoms with van der Waals surface area (Å²) in [5.74, 6) is -0.683. The van der Waals surface area contributed by atoms with Crippen LogP contribution in [0.3, 0.4) is 0 Å². The highest BCUT2D eigenvalue weighted by molar-refractivity contribution is 6.30. The quantitative estimate of drug-likeness (QED) is 0.926. The average molecular weight is 285 g/mol. The molecule has 0 spiro atoms. The summed E-state index contributed by atoms with van der Waals surface area (Å²) >= 11 is 5.64. The fourth-order valence-corrected chi connectivity index (χ4v) is 2.58. The lowest BCUT2D eigenvalue weighted by Crippen LogP contribution is -2.48. The van der Waals surface area contributed by atoms with Crippen LogP contribution in [0.5, 0.6) is 0 Å². The number of amides is 1. The van der Waals surface area contributed by atoms with Crippen LogP contribution in [0, 0.1) is 5.82 Å². The zero-order valence-corrected chi connectivity index (χ0v) is 11.7. The molecule has 1 atom stereocenters. The van der Waals surface area contributed by atoms with Crippen LogP contribution in [0.4, 0.5) is 4.39 Å². The van der Waals surface area contributed by atoms with E-state index in [1.807, 2.05) is 6.92 Å². The fourth-order valence-electron chi connectivity index (χ4n) is 2.46. The van der Waals surface area contributed by atoms with E-state index in [0.717, 1.165) is 25.9 Å². The highest BCUT2D eigenvalue weighted by Crippen LogP contribution is 2.19. The summed E-state index contributed by atoms with van der Waals surface area (Å²) in [7, 11) is 0. The maximum atomic E-state index is 13.4. The van der Waals surface area contributed by atoms with Crippen molar-refractivity contribution in [2.45, 2.75) is 25.8 Å². The van der Waals surface area contributed by atoms with Crippen molar-refractivity contribution in [3.63, 3.8) is 0 Å². The number of piperidine rings is 1. The van der Waals surface area contributed by atoms with Crippen LogP contribution in [0.1, 0.15) is 30.1 Å². The van der Waals surface area contributed by atoms with E-state index >= 15 is 0 Å². The van der Waals surface area contributed by atoms with Crippen molar-refractivity contribution in [1.82, 2.24) is 10.2 Å². The van der Waals surface area contributed by atoms with Crippen molar-refractivity contribution in [2.75, 3.05) is 19.6 Å². The third-order valence-electron chi connectivity index (χ3n) is 3.48. The highest BCUT2D eigenvalue weighted by Gasteiger charge is 2.25. The molecule has 1 saturated heterocycles. The lowest BCUT2D eigenvalue weighted by molar-refractivity contribution is 0.0661. The molecule has 1 fully saturated rings. The zero-order chi connectivity index (χ0) is 13.8. The van der Waals surface area contributed by atoms with Gasteiger partial charge in [-0.05, 0) is 44.5 Å². The molecule has 1 amide bonds. The fraction of sp³-hybridized carbons (Fsp3) is 0.500. The van der Waals surface area contributed by atoms with E-state index in [2.05, 4.69) is 5.32 Å². The standard InChI is InChI=1S/C14H18ClFN2O/c1-2-18(11-4-3-7-17-9-11)14(19)10-5-6-12(15)13(16)8-10/h5-6,8,11,17H,2-4,7,9H2,1H3. The molecule has 1 aliphatic heterocycles. The Morgan fingerprint density at radius 3 is 2.95 bits per heavy atom. The van der Waals surface area contributed by atoms with Crippen LogP contribution in [-0.2, 0) is 0 Å². The van der Waals surface area contributed by atoms with Crippen molar-refractivity contribution in [2.24, 2.45) is 0 Å². The summed E-state index contributed by atoms with van der Waals surface area (Å²) in [6.45, 7) is 4.36. The van der Waals surface area contributed by atoms with Crippen molar-refractivity contribution in [3.05, 3.63) is 34.6 Å². The SMILES string of the molecule is CCN(C(=O)c1ccc(Cl)c(F)c1)C1CCCNC1. The minimum Gasteiger partial charge on any atom is -0.335 e. The van der Waals surface area contributed by atoms with Crippen molar-refractivity contribution in [3.8, 4) is 0 Å². The molecule has 0 aromatic heterocycles. The molecule has 5 heteroatoms. The first-order valence-electron chi connectivity index (χ1n) is 6.60. The Balaban J connectivity index is 2.17. The molecule has 1 heterocycles. The number of hydrogen-bond acceptors (Lipinski definition) is 2. The number of halogens is 2. The van der Waals surface area contributed by atoms with Crippen LogP contribution in [0.15, 0.2) is 18.2 Å². The third kappa shape index (κ3) is 3.25. The summed E-state index contributed by atoms with van der Waals surface area (Å²) in [4.78, 5) is 14.2. The van der Waals surface area contributed by atoms with Crippen LogP contribution < -0.4 is 5.32 Å². The molecule has 19 heavy (non-hydrogen) atoms. The average Bonchev–Trinajstić information content (AvgIpc) is 2.44. The van der Waals surface area contributed by atoms with Crippen LogP contribution in [0.25, 0.3) is 0 Å². The van der Waals surface area contributed by atoms with Gasteiger partial charge >= 0.3 is 0 Å². The number of carbonyl (C=O) groups excluding carboxylic acids is 1. The summed E-state index contributed by atoms with van der Waals surface area (Å²) < 4.78 is 13.4. The van der Waals surface area contributed by atoms with Gasteiger partial charge in [0.05, 0.1) is 5.02 Å². The van der Waals surface area contributed by atoms with Gasteiger partial charge in [-0.2, -0.15) is 0 Å². The summed E-state index contributed by atoms with van der Waals surface area (Å²) in [6.07, 6.45) is 2.05.